The number of amides is 1. The second-order valence-corrected chi connectivity index (χ2v) is 6.59. The predicted molar refractivity (Wildman–Crippen MR) is 85.6 cm³/mol. The highest BCUT2D eigenvalue weighted by Crippen LogP contribution is 2.25. The summed E-state index contributed by atoms with van der Waals surface area (Å²) < 4.78 is 10.3. The molecule has 8 nitrogen and oxygen atoms in total. The molecule has 3 rings (SSSR count). The summed E-state index contributed by atoms with van der Waals surface area (Å²) in [6, 6.07) is 1.37. The number of nitrogens with zero attached hydrogens (tertiary/aromatic N) is 2. The average Bonchev–Trinajstić information content (AvgIpc) is 3.19. The number of aromatic nitrogens is 1. The monoisotopic (exact) mass is 339 g/mol. The molecule has 1 aromatic rings. The van der Waals surface area contributed by atoms with Crippen molar-refractivity contribution in [3.63, 3.8) is 0 Å². The van der Waals surface area contributed by atoms with Gasteiger partial charge in [-0.05, 0) is 5.92 Å². The van der Waals surface area contributed by atoms with Gasteiger partial charge in [-0.2, -0.15) is 5.16 Å². The molecule has 0 bridgehead atoms. The number of ether oxygens (including phenoxy) is 1. The number of aryl methyl sites for hydroxylation is 1. The Morgan fingerprint density at radius 1 is 1.29 bits per heavy atom. The third-order valence-corrected chi connectivity index (χ3v) is 4.92. The van der Waals surface area contributed by atoms with Crippen LogP contribution in [0.5, 0.6) is 0 Å². The molecule has 2 aliphatic heterocycles. The average molecular weight is 339 g/mol. The van der Waals surface area contributed by atoms with Crippen molar-refractivity contribution in [2.75, 3.05) is 52.5 Å². The fraction of sp³-hybridized carbons (Fsp3) is 0.750. The van der Waals surface area contributed by atoms with E-state index in [1.54, 1.807) is 0 Å². The second-order valence-electron chi connectivity index (χ2n) is 6.59. The SMILES string of the molecule is O=C(CCc1cc(=O)[nH]o1)N1C[C@@H](CN2CCOCC2)[C@@H](CO)C1. The van der Waals surface area contributed by atoms with E-state index in [0.717, 1.165) is 32.8 Å². The molecule has 3 heterocycles. The van der Waals surface area contributed by atoms with Crippen molar-refractivity contribution in [2.45, 2.75) is 12.8 Å². The number of H-pyrrole nitrogens is 1. The summed E-state index contributed by atoms with van der Waals surface area (Å²) in [5, 5.41) is 11.9. The first-order chi connectivity index (χ1) is 11.7. The van der Waals surface area contributed by atoms with Crippen LogP contribution in [-0.4, -0.2) is 78.5 Å². The Labute approximate surface area is 140 Å². The topological polar surface area (TPSA) is 99.0 Å². The Balaban J connectivity index is 1.50. The van der Waals surface area contributed by atoms with Crippen LogP contribution in [0.25, 0.3) is 0 Å². The molecule has 0 radical (unpaired) electrons. The number of carbonyl (C=O) groups excluding carboxylic acids is 1. The van der Waals surface area contributed by atoms with E-state index in [4.69, 9.17) is 9.26 Å². The van der Waals surface area contributed by atoms with Crippen molar-refractivity contribution in [2.24, 2.45) is 11.8 Å². The van der Waals surface area contributed by atoms with Crippen molar-refractivity contribution in [1.82, 2.24) is 15.0 Å². The van der Waals surface area contributed by atoms with Crippen molar-refractivity contribution in [3.05, 3.63) is 22.2 Å². The zero-order chi connectivity index (χ0) is 16.9. The smallest absolute Gasteiger partial charge is 0.280 e. The van der Waals surface area contributed by atoms with Crippen LogP contribution in [0.2, 0.25) is 0 Å². The molecule has 0 unspecified atom stereocenters. The Morgan fingerprint density at radius 2 is 2.04 bits per heavy atom. The molecule has 0 aromatic carbocycles. The number of aromatic amines is 1. The molecule has 2 fully saturated rings. The number of nitrogens with one attached hydrogen (secondary N) is 1. The minimum atomic E-state index is -0.287. The van der Waals surface area contributed by atoms with Gasteiger partial charge in [-0.25, -0.2) is 0 Å². The van der Waals surface area contributed by atoms with E-state index in [1.165, 1.54) is 6.07 Å². The Hall–Kier alpha value is -1.64. The van der Waals surface area contributed by atoms with Gasteiger partial charge in [-0.3, -0.25) is 14.5 Å². The number of aliphatic hydroxyl groups is 1. The molecule has 24 heavy (non-hydrogen) atoms. The van der Waals surface area contributed by atoms with Gasteiger partial charge in [-0.15, -0.1) is 0 Å². The van der Waals surface area contributed by atoms with E-state index in [1.807, 2.05) is 4.90 Å². The fourth-order valence-electron chi connectivity index (χ4n) is 3.50. The van der Waals surface area contributed by atoms with Crippen LogP contribution in [0.1, 0.15) is 12.2 Å². The van der Waals surface area contributed by atoms with E-state index >= 15 is 0 Å². The third kappa shape index (κ3) is 4.25. The van der Waals surface area contributed by atoms with Gasteiger partial charge in [0.2, 0.25) is 5.91 Å². The number of hydrogen-bond donors (Lipinski definition) is 2. The highest BCUT2D eigenvalue weighted by atomic mass is 16.5. The van der Waals surface area contributed by atoms with Crippen molar-refractivity contribution >= 4 is 5.91 Å². The molecular weight excluding hydrogens is 314 g/mol. The summed E-state index contributed by atoms with van der Waals surface area (Å²) in [5.74, 6) is 0.960. The van der Waals surface area contributed by atoms with E-state index in [0.29, 0.717) is 37.6 Å². The van der Waals surface area contributed by atoms with Gasteiger partial charge in [0.25, 0.3) is 5.56 Å². The van der Waals surface area contributed by atoms with Crippen LogP contribution in [-0.2, 0) is 16.0 Å². The second kappa shape index (κ2) is 7.96. The minimum Gasteiger partial charge on any atom is -0.396 e. The number of carbonyl (C=O) groups is 1. The van der Waals surface area contributed by atoms with Crippen LogP contribution >= 0.6 is 0 Å². The molecule has 1 amide bonds. The first kappa shape index (κ1) is 17.2. The number of morpholine rings is 1. The van der Waals surface area contributed by atoms with Gasteiger partial charge >= 0.3 is 0 Å². The van der Waals surface area contributed by atoms with Crippen LogP contribution in [0.15, 0.2) is 15.4 Å². The van der Waals surface area contributed by atoms with Gasteiger partial charge in [-0.1, -0.05) is 0 Å². The highest BCUT2D eigenvalue weighted by Gasteiger charge is 2.35. The van der Waals surface area contributed by atoms with Crippen LogP contribution in [0, 0.1) is 11.8 Å². The largest absolute Gasteiger partial charge is 0.396 e. The standard InChI is InChI=1S/C16H25N3O5/c20-11-13-10-19(9-12(13)8-18-3-5-23-6-4-18)16(22)2-1-14-7-15(21)17-24-14/h7,12-13,20H,1-6,8-11H2,(H,17,21)/t12-,13-/m1/s1. The highest BCUT2D eigenvalue weighted by molar-refractivity contribution is 5.76. The fourth-order valence-corrected chi connectivity index (χ4v) is 3.50. The molecule has 134 valence electrons. The molecule has 0 spiro atoms. The van der Waals surface area contributed by atoms with E-state index in [9.17, 15) is 14.7 Å². The number of aliphatic hydroxyl groups excluding tert-OH is 1. The van der Waals surface area contributed by atoms with Crippen LogP contribution < -0.4 is 5.56 Å². The Kier molecular flexibility index (Phi) is 5.70. The Bertz CT molecular complexity index is 593. The predicted octanol–water partition coefficient (Wildman–Crippen LogP) is -0.700. The van der Waals surface area contributed by atoms with Gasteiger partial charge in [0.1, 0.15) is 5.76 Å². The molecule has 0 aliphatic carbocycles. The minimum absolute atomic E-state index is 0.0433. The summed E-state index contributed by atoms with van der Waals surface area (Å²) in [5.41, 5.74) is -0.287. The normalized spacial score (nSPS) is 25.3. The molecule has 1 aromatic heterocycles. The third-order valence-electron chi connectivity index (χ3n) is 4.92. The van der Waals surface area contributed by atoms with Crippen molar-refractivity contribution in [1.29, 1.82) is 0 Å². The lowest BCUT2D eigenvalue weighted by Gasteiger charge is -2.30. The number of rotatable bonds is 6. The Morgan fingerprint density at radius 3 is 2.71 bits per heavy atom. The lowest BCUT2D eigenvalue weighted by Crippen LogP contribution is -2.41. The van der Waals surface area contributed by atoms with Crippen LogP contribution in [0.4, 0.5) is 0 Å². The summed E-state index contributed by atoms with van der Waals surface area (Å²) in [6.07, 6.45) is 0.717. The lowest BCUT2D eigenvalue weighted by molar-refractivity contribution is -0.130. The number of hydrogen-bond acceptors (Lipinski definition) is 6. The summed E-state index contributed by atoms with van der Waals surface area (Å²) in [7, 11) is 0. The summed E-state index contributed by atoms with van der Waals surface area (Å²) in [4.78, 5) is 27.6. The quantitative estimate of drug-likeness (QED) is 0.711. The van der Waals surface area contributed by atoms with Gasteiger partial charge in [0, 0.05) is 64.2 Å². The van der Waals surface area contributed by atoms with Gasteiger partial charge in [0.05, 0.1) is 13.2 Å². The van der Waals surface area contributed by atoms with Crippen LogP contribution in [0.3, 0.4) is 0 Å². The zero-order valence-electron chi connectivity index (χ0n) is 13.8. The molecular formula is C16H25N3O5. The molecule has 8 heteroatoms. The zero-order valence-corrected chi connectivity index (χ0v) is 13.8. The van der Waals surface area contributed by atoms with E-state index in [2.05, 4.69) is 10.1 Å². The maximum Gasteiger partial charge on any atom is 0.280 e. The number of likely N-dealkylation sites (tertiary alicyclic amines) is 1. The summed E-state index contributed by atoms with van der Waals surface area (Å²) >= 11 is 0. The first-order valence-electron chi connectivity index (χ1n) is 8.52. The van der Waals surface area contributed by atoms with E-state index < -0.39 is 0 Å². The van der Waals surface area contributed by atoms with E-state index in [-0.39, 0.29) is 24.0 Å². The molecule has 0 saturated carbocycles. The van der Waals surface area contributed by atoms with Gasteiger partial charge in [0.15, 0.2) is 0 Å². The molecule has 2 N–H and O–H groups in total. The first-order valence-corrected chi connectivity index (χ1v) is 8.52. The lowest BCUT2D eigenvalue weighted by atomic mass is 9.96. The molecule has 2 atom stereocenters. The van der Waals surface area contributed by atoms with Crippen molar-refractivity contribution in [3.8, 4) is 0 Å². The summed E-state index contributed by atoms with van der Waals surface area (Å²) in [6.45, 7) is 5.60. The maximum absolute atomic E-state index is 12.4. The molecule has 2 aliphatic rings. The van der Waals surface area contributed by atoms with Gasteiger partial charge < -0.3 is 19.3 Å². The molecule has 2 saturated heterocycles. The maximum atomic E-state index is 12.4. The van der Waals surface area contributed by atoms with Crippen molar-refractivity contribution < 1.29 is 19.2 Å².